The number of nitrogens with zero attached hydrogens (tertiary/aromatic N) is 5. The highest BCUT2D eigenvalue weighted by molar-refractivity contribution is 5.98. The van der Waals surface area contributed by atoms with E-state index in [0.29, 0.717) is 34.7 Å². The minimum absolute atomic E-state index is 0.0461. The lowest BCUT2D eigenvalue weighted by atomic mass is 10.0. The molecule has 2 N–H and O–H groups in total. The van der Waals surface area contributed by atoms with Crippen molar-refractivity contribution in [1.29, 1.82) is 5.26 Å². The van der Waals surface area contributed by atoms with Crippen LogP contribution in [0.15, 0.2) is 60.8 Å². The van der Waals surface area contributed by atoms with E-state index in [1.54, 1.807) is 12.3 Å². The SMILES string of the molecule is CN1CCN(C(=O)c2ccc(-c3nc4c(-c5cccc(C(=O)NCCC#N)c5)ccnc4[nH]3)cc2)CC1. The minimum Gasteiger partial charge on any atom is -0.351 e. The van der Waals surface area contributed by atoms with E-state index in [-0.39, 0.29) is 18.2 Å². The standard InChI is InChI=1S/C28H27N7O2/c1-34-14-16-35(17-15-34)28(37)20-8-6-19(7-9-20)25-32-24-23(10-13-30-26(24)33-25)21-4-2-5-22(18-21)27(36)31-12-3-11-29/h2,4-10,13,18H,3,12,14-17H2,1H3,(H,31,36)(H,30,32,33). The number of rotatable bonds is 6. The van der Waals surface area contributed by atoms with Crippen LogP contribution in [0.1, 0.15) is 27.1 Å². The molecule has 2 aromatic carbocycles. The summed E-state index contributed by atoms with van der Waals surface area (Å²) in [6.45, 7) is 3.54. The molecule has 1 aliphatic heterocycles. The Morgan fingerprint density at radius 3 is 2.57 bits per heavy atom. The number of hydrogen-bond donors (Lipinski definition) is 2. The van der Waals surface area contributed by atoms with Crippen molar-refractivity contribution < 1.29 is 9.59 Å². The molecular weight excluding hydrogens is 466 g/mol. The Labute approximate surface area is 214 Å². The lowest BCUT2D eigenvalue weighted by Gasteiger charge is -2.32. The van der Waals surface area contributed by atoms with E-state index >= 15 is 0 Å². The minimum atomic E-state index is -0.226. The fourth-order valence-electron chi connectivity index (χ4n) is 4.40. The zero-order chi connectivity index (χ0) is 25.8. The van der Waals surface area contributed by atoms with E-state index < -0.39 is 0 Å². The molecule has 2 aromatic heterocycles. The number of pyridine rings is 1. The molecule has 1 aliphatic rings. The molecule has 9 nitrogen and oxygen atoms in total. The molecule has 1 fully saturated rings. The molecule has 0 saturated carbocycles. The van der Waals surface area contributed by atoms with Gasteiger partial charge in [0.15, 0.2) is 5.65 Å². The molecule has 9 heteroatoms. The average Bonchev–Trinajstić information content (AvgIpc) is 3.38. The van der Waals surface area contributed by atoms with Gasteiger partial charge in [-0.25, -0.2) is 9.97 Å². The van der Waals surface area contributed by atoms with Crippen LogP contribution in [0.5, 0.6) is 0 Å². The van der Waals surface area contributed by atoms with Gasteiger partial charge in [0.2, 0.25) is 0 Å². The second-order valence-electron chi connectivity index (χ2n) is 9.06. The van der Waals surface area contributed by atoms with E-state index in [4.69, 9.17) is 10.2 Å². The highest BCUT2D eigenvalue weighted by atomic mass is 16.2. The van der Waals surface area contributed by atoms with Crippen molar-refractivity contribution in [3.63, 3.8) is 0 Å². The molecular formula is C28H27N7O2. The molecule has 37 heavy (non-hydrogen) atoms. The van der Waals surface area contributed by atoms with Gasteiger partial charge >= 0.3 is 0 Å². The second kappa shape index (κ2) is 10.6. The number of imidazole rings is 1. The first-order chi connectivity index (χ1) is 18.0. The van der Waals surface area contributed by atoms with Gasteiger partial charge in [0.05, 0.1) is 12.5 Å². The second-order valence-corrected chi connectivity index (χ2v) is 9.06. The Bertz CT molecular complexity index is 1480. The lowest BCUT2D eigenvalue weighted by molar-refractivity contribution is 0.0664. The third-order valence-corrected chi connectivity index (χ3v) is 6.54. The zero-order valence-electron chi connectivity index (χ0n) is 20.6. The molecule has 2 amide bonds. The van der Waals surface area contributed by atoms with Crippen LogP contribution in [0.25, 0.3) is 33.7 Å². The molecule has 0 spiro atoms. The highest BCUT2D eigenvalue weighted by Gasteiger charge is 2.20. The number of H-pyrrole nitrogens is 1. The van der Waals surface area contributed by atoms with Gasteiger partial charge in [-0.1, -0.05) is 24.3 Å². The molecule has 0 aliphatic carbocycles. The van der Waals surface area contributed by atoms with Crippen LogP contribution in [0.3, 0.4) is 0 Å². The van der Waals surface area contributed by atoms with Gasteiger partial charge in [-0.15, -0.1) is 0 Å². The van der Waals surface area contributed by atoms with Crippen molar-refractivity contribution in [3.05, 3.63) is 71.9 Å². The lowest BCUT2D eigenvalue weighted by Crippen LogP contribution is -2.47. The summed E-state index contributed by atoms with van der Waals surface area (Å²) in [5.41, 5.74) is 5.04. The number of amides is 2. The van der Waals surface area contributed by atoms with E-state index in [0.717, 1.165) is 42.9 Å². The molecule has 5 rings (SSSR count). The molecule has 0 radical (unpaired) electrons. The van der Waals surface area contributed by atoms with Gasteiger partial charge in [0.1, 0.15) is 11.3 Å². The fourth-order valence-corrected chi connectivity index (χ4v) is 4.40. The number of carbonyl (C=O) groups is 2. The summed E-state index contributed by atoms with van der Waals surface area (Å²) in [6, 6.07) is 18.7. The summed E-state index contributed by atoms with van der Waals surface area (Å²) in [5.74, 6) is 0.472. The van der Waals surface area contributed by atoms with Crippen molar-refractivity contribution in [1.82, 2.24) is 30.1 Å². The fraction of sp³-hybridized carbons (Fsp3) is 0.250. The molecule has 0 atom stereocenters. The molecule has 1 saturated heterocycles. The van der Waals surface area contributed by atoms with Crippen LogP contribution >= 0.6 is 0 Å². The van der Waals surface area contributed by atoms with Crippen LogP contribution in [0.4, 0.5) is 0 Å². The van der Waals surface area contributed by atoms with Crippen molar-refractivity contribution in [2.24, 2.45) is 0 Å². The Morgan fingerprint density at radius 1 is 1.03 bits per heavy atom. The average molecular weight is 494 g/mol. The molecule has 4 aromatic rings. The Kier molecular flexibility index (Phi) is 6.92. The third-order valence-electron chi connectivity index (χ3n) is 6.54. The van der Waals surface area contributed by atoms with Crippen LogP contribution in [-0.4, -0.2) is 76.3 Å². The smallest absolute Gasteiger partial charge is 0.253 e. The number of hydrogen-bond acceptors (Lipinski definition) is 6. The van der Waals surface area contributed by atoms with Gasteiger partial charge in [-0.3, -0.25) is 9.59 Å². The number of nitriles is 1. The number of fused-ring (bicyclic) bond motifs is 1. The maximum Gasteiger partial charge on any atom is 0.253 e. The number of aromatic nitrogens is 3. The van der Waals surface area contributed by atoms with Crippen LogP contribution in [0.2, 0.25) is 0 Å². The van der Waals surface area contributed by atoms with E-state index in [1.807, 2.05) is 59.5 Å². The predicted molar refractivity (Wildman–Crippen MR) is 141 cm³/mol. The molecule has 3 heterocycles. The largest absolute Gasteiger partial charge is 0.351 e. The predicted octanol–water partition coefficient (Wildman–Crippen LogP) is 3.32. The Morgan fingerprint density at radius 2 is 1.81 bits per heavy atom. The summed E-state index contributed by atoms with van der Waals surface area (Å²) in [4.78, 5) is 42.0. The van der Waals surface area contributed by atoms with Gasteiger partial charge in [0, 0.05) is 61.2 Å². The number of benzene rings is 2. The van der Waals surface area contributed by atoms with E-state index in [2.05, 4.69) is 27.2 Å². The van der Waals surface area contributed by atoms with Crippen LogP contribution < -0.4 is 5.32 Å². The maximum atomic E-state index is 12.9. The first-order valence-corrected chi connectivity index (χ1v) is 12.2. The maximum absolute atomic E-state index is 12.9. The number of piperazine rings is 1. The van der Waals surface area contributed by atoms with Crippen molar-refractivity contribution in [2.75, 3.05) is 39.8 Å². The van der Waals surface area contributed by atoms with E-state index in [9.17, 15) is 9.59 Å². The van der Waals surface area contributed by atoms with Crippen molar-refractivity contribution >= 4 is 23.0 Å². The normalized spacial score (nSPS) is 13.9. The summed E-state index contributed by atoms with van der Waals surface area (Å²) in [5, 5.41) is 11.4. The Hall–Kier alpha value is -4.55. The molecule has 186 valence electrons. The zero-order valence-corrected chi connectivity index (χ0v) is 20.6. The van der Waals surface area contributed by atoms with Gasteiger partial charge in [-0.05, 0) is 42.9 Å². The van der Waals surface area contributed by atoms with Crippen molar-refractivity contribution in [3.8, 4) is 28.6 Å². The quantitative estimate of drug-likeness (QED) is 0.398. The molecule has 0 bridgehead atoms. The molecule has 0 unspecified atom stereocenters. The summed E-state index contributed by atoms with van der Waals surface area (Å²) in [6.07, 6.45) is 1.97. The van der Waals surface area contributed by atoms with Gasteiger partial charge in [-0.2, -0.15) is 5.26 Å². The van der Waals surface area contributed by atoms with Gasteiger partial charge < -0.3 is 20.1 Å². The number of likely N-dealkylation sites (N-methyl/N-ethyl adjacent to an activating group) is 1. The van der Waals surface area contributed by atoms with Crippen LogP contribution in [0, 0.1) is 11.3 Å². The first-order valence-electron chi connectivity index (χ1n) is 12.2. The Balaban J connectivity index is 1.39. The number of carbonyl (C=O) groups excluding carboxylic acids is 2. The summed E-state index contributed by atoms with van der Waals surface area (Å²) >= 11 is 0. The van der Waals surface area contributed by atoms with E-state index in [1.165, 1.54) is 0 Å². The van der Waals surface area contributed by atoms with Crippen LogP contribution in [-0.2, 0) is 0 Å². The summed E-state index contributed by atoms with van der Waals surface area (Å²) < 4.78 is 0. The third kappa shape index (κ3) is 5.20. The first kappa shape index (κ1) is 24.2. The monoisotopic (exact) mass is 493 g/mol. The highest BCUT2D eigenvalue weighted by Crippen LogP contribution is 2.29. The number of nitrogens with one attached hydrogen (secondary N) is 2. The number of aromatic amines is 1. The summed E-state index contributed by atoms with van der Waals surface area (Å²) in [7, 11) is 2.07. The van der Waals surface area contributed by atoms with Gasteiger partial charge in [0.25, 0.3) is 11.8 Å². The van der Waals surface area contributed by atoms with Crippen molar-refractivity contribution in [2.45, 2.75) is 6.42 Å². The topological polar surface area (TPSA) is 118 Å².